The van der Waals surface area contributed by atoms with E-state index in [2.05, 4.69) is 15.4 Å². The standard InChI is InChI=1S/C21H15Cl3N4O3/c22-14-5-3-13(4-6-14)11-25-21-26-20(18-2-1-9-30-18)27-28(21)19(29)12-31-17-8-7-15(23)10-16(17)24/h1-10H,11-12H2,(H,25,26,27). The summed E-state index contributed by atoms with van der Waals surface area (Å²) in [6.07, 6.45) is 1.50. The second-order valence-corrected chi connectivity index (χ2v) is 7.67. The van der Waals surface area contributed by atoms with Crippen molar-refractivity contribution in [3.05, 3.63) is 81.5 Å². The quantitative estimate of drug-likeness (QED) is 0.361. The van der Waals surface area contributed by atoms with Gasteiger partial charge in [-0.25, -0.2) is 0 Å². The fourth-order valence-electron chi connectivity index (χ4n) is 2.69. The molecule has 0 aliphatic rings. The molecule has 158 valence electrons. The van der Waals surface area contributed by atoms with Gasteiger partial charge in [0.05, 0.1) is 11.3 Å². The molecule has 2 aromatic carbocycles. The van der Waals surface area contributed by atoms with Crippen LogP contribution >= 0.6 is 34.8 Å². The van der Waals surface area contributed by atoms with Crippen LogP contribution in [0.1, 0.15) is 10.4 Å². The molecule has 0 saturated carbocycles. The summed E-state index contributed by atoms with van der Waals surface area (Å²) >= 11 is 17.9. The molecular formula is C21H15Cl3N4O3. The smallest absolute Gasteiger partial charge is 0.287 e. The van der Waals surface area contributed by atoms with Crippen molar-refractivity contribution in [2.24, 2.45) is 0 Å². The van der Waals surface area contributed by atoms with Gasteiger partial charge in [-0.2, -0.15) is 9.67 Å². The van der Waals surface area contributed by atoms with E-state index in [0.29, 0.717) is 33.1 Å². The van der Waals surface area contributed by atoms with E-state index in [9.17, 15) is 4.79 Å². The summed E-state index contributed by atoms with van der Waals surface area (Å²) < 4.78 is 12.0. The predicted octanol–water partition coefficient (Wildman–Crippen LogP) is 5.83. The van der Waals surface area contributed by atoms with E-state index in [1.54, 1.807) is 36.4 Å². The summed E-state index contributed by atoms with van der Waals surface area (Å²) in [6, 6.07) is 15.5. The van der Waals surface area contributed by atoms with Crippen LogP contribution in [0.5, 0.6) is 5.75 Å². The van der Waals surface area contributed by atoms with Crippen molar-refractivity contribution in [1.82, 2.24) is 14.8 Å². The van der Waals surface area contributed by atoms with Crippen LogP contribution in [0.15, 0.2) is 65.3 Å². The fraction of sp³-hybridized carbons (Fsp3) is 0.0952. The molecule has 0 saturated heterocycles. The summed E-state index contributed by atoms with van der Waals surface area (Å²) in [5.41, 5.74) is 0.954. The first-order valence-corrected chi connectivity index (χ1v) is 10.2. The first-order chi connectivity index (χ1) is 15.0. The molecule has 0 unspecified atom stereocenters. The van der Waals surface area contributed by atoms with Crippen LogP contribution in [0.4, 0.5) is 5.95 Å². The van der Waals surface area contributed by atoms with Crippen LogP contribution in [-0.4, -0.2) is 27.3 Å². The van der Waals surface area contributed by atoms with Gasteiger partial charge in [-0.15, -0.1) is 5.10 Å². The summed E-state index contributed by atoms with van der Waals surface area (Å²) in [6.45, 7) is 0.0997. The molecule has 0 radical (unpaired) electrons. The minimum atomic E-state index is -0.449. The molecule has 0 bridgehead atoms. The molecule has 2 heterocycles. The number of nitrogens with one attached hydrogen (secondary N) is 1. The van der Waals surface area contributed by atoms with Gasteiger partial charge in [-0.3, -0.25) is 4.79 Å². The molecule has 0 atom stereocenters. The Labute approximate surface area is 192 Å². The first kappa shape index (κ1) is 21.2. The van der Waals surface area contributed by atoms with Crippen molar-refractivity contribution < 1.29 is 13.9 Å². The number of furan rings is 1. The third-order valence-electron chi connectivity index (χ3n) is 4.19. The molecule has 0 aliphatic heterocycles. The number of hydrogen-bond donors (Lipinski definition) is 1. The van der Waals surface area contributed by atoms with Crippen LogP contribution in [0.3, 0.4) is 0 Å². The second kappa shape index (κ2) is 9.43. The van der Waals surface area contributed by atoms with Gasteiger partial charge in [0.15, 0.2) is 12.4 Å². The lowest BCUT2D eigenvalue weighted by atomic mass is 10.2. The van der Waals surface area contributed by atoms with Gasteiger partial charge < -0.3 is 14.5 Å². The Kier molecular flexibility index (Phi) is 6.46. The van der Waals surface area contributed by atoms with Crippen molar-refractivity contribution in [2.75, 3.05) is 11.9 Å². The van der Waals surface area contributed by atoms with Crippen molar-refractivity contribution in [3.63, 3.8) is 0 Å². The van der Waals surface area contributed by atoms with Gasteiger partial charge in [0, 0.05) is 16.6 Å². The van der Waals surface area contributed by atoms with Crippen LogP contribution in [-0.2, 0) is 6.54 Å². The van der Waals surface area contributed by atoms with E-state index < -0.39 is 5.91 Å². The highest BCUT2D eigenvalue weighted by atomic mass is 35.5. The predicted molar refractivity (Wildman–Crippen MR) is 119 cm³/mol. The zero-order valence-corrected chi connectivity index (χ0v) is 18.2. The third-order valence-corrected chi connectivity index (χ3v) is 4.98. The molecule has 10 heteroatoms. The summed E-state index contributed by atoms with van der Waals surface area (Å²) in [4.78, 5) is 17.2. The van der Waals surface area contributed by atoms with Crippen LogP contribution < -0.4 is 10.1 Å². The number of anilines is 1. The summed E-state index contributed by atoms with van der Waals surface area (Å²) in [5, 5.41) is 8.80. The highest BCUT2D eigenvalue weighted by Crippen LogP contribution is 2.27. The highest BCUT2D eigenvalue weighted by Gasteiger charge is 2.19. The van der Waals surface area contributed by atoms with E-state index in [0.717, 1.165) is 10.2 Å². The minimum absolute atomic E-state index is 0.247. The van der Waals surface area contributed by atoms with Crippen molar-refractivity contribution in [3.8, 4) is 17.3 Å². The molecule has 0 fully saturated rings. The molecule has 1 N–H and O–H groups in total. The Morgan fingerprint density at radius 3 is 2.55 bits per heavy atom. The Balaban J connectivity index is 1.53. The molecule has 31 heavy (non-hydrogen) atoms. The average Bonchev–Trinajstić information content (AvgIpc) is 3.42. The van der Waals surface area contributed by atoms with Crippen molar-refractivity contribution in [2.45, 2.75) is 6.54 Å². The maximum atomic E-state index is 12.8. The van der Waals surface area contributed by atoms with Gasteiger partial charge >= 0.3 is 0 Å². The molecule has 4 rings (SSSR count). The van der Waals surface area contributed by atoms with Crippen LogP contribution in [0.2, 0.25) is 15.1 Å². The third kappa shape index (κ3) is 5.19. The number of aromatic nitrogens is 3. The first-order valence-electron chi connectivity index (χ1n) is 9.10. The molecule has 2 aromatic heterocycles. The lowest BCUT2D eigenvalue weighted by molar-refractivity contribution is 0.0824. The number of ether oxygens (including phenoxy) is 1. The maximum Gasteiger partial charge on any atom is 0.287 e. The number of hydrogen-bond acceptors (Lipinski definition) is 6. The Bertz CT molecular complexity index is 1190. The van der Waals surface area contributed by atoms with E-state index in [1.165, 1.54) is 12.3 Å². The Morgan fingerprint density at radius 1 is 1.06 bits per heavy atom. The molecule has 4 aromatic rings. The minimum Gasteiger partial charge on any atom is -0.482 e. The van der Waals surface area contributed by atoms with Crippen LogP contribution in [0, 0.1) is 0 Å². The van der Waals surface area contributed by atoms with Gasteiger partial charge in [0.25, 0.3) is 5.91 Å². The number of carbonyl (C=O) groups excluding carboxylic acids is 1. The largest absolute Gasteiger partial charge is 0.482 e. The van der Waals surface area contributed by atoms with E-state index in [-0.39, 0.29) is 18.4 Å². The van der Waals surface area contributed by atoms with E-state index in [4.69, 9.17) is 44.0 Å². The second-order valence-electron chi connectivity index (χ2n) is 6.39. The molecule has 7 nitrogen and oxygen atoms in total. The molecular weight excluding hydrogens is 463 g/mol. The van der Waals surface area contributed by atoms with Gasteiger partial charge in [-0.05, 0) is 48.0 Å². The van der Waals surface area contributed by atoms with Crippen LogP contribution in [0.25, 0.3) is 11.6 Å². The lowest BCUT2D eigenvalue weighted by Gasteiger charge is -2.09. The summed E-state index contributed by atoms with van der Waals surface area (Å²) in [5.74, 6) is 0.831. The zero-order chi connectivity index (χ0) is 21.8. The maximum absolute atomic E-state index is 12.8. The number of carbonyl (C=O) groups is 1. The molecule has 0 spiro atoms. The highest BCUT2D eigenvalue weighted by molar-refractivity contribution is 6.35. The number of halogens is 3. The van der Waals surface area contributed by atoms with E-state index in [1.807, 2.05) is 12.1 Å². The topological polar surface area (TPSA) is 82.2 Å². The van der Waals surface area contributed by atoms with Crippen molar-refractivity contribution >= 4 is 46.7 Å². The van der Waals surface area contributed by atoms with Gasteiger partial charge in [0.1, 0.15) is 5.75 Å². The summed E-state index contributed by atoms with van der Waals surface area (Å²) in [7, 11) is 0. The monoisotopic (exact) mass is 476 g/mol. The van der Waals surface area contributed by atoms with E-state index >= 15 is 0 Å². The lowest BCUT2D eigenvalue weighted by Crippen LogP contribution is -2.22. The SMILES string of the molecule is O=C(COc1ccc(Cl)cc1Cl)n1nc(-c2ccco2)nc1NCc1ccc(Cl)cc1. The number of benzene rings is 2. The number of rotatable bonds is 7. The Morgan fingerprint density at radius 2 is 1.84 bits per heavy atom. The Hall–Kier alpha value is -3.00. The number of nitrogens with zero attached hydrogens (tertiary/aromatic N) is 3. The average molecular weight is 478 g/mol. The molecule has 0 aliphatic carbocycles. The molecule has 0 amide bonds. The van der Waals surface area contributed by atoms with Crippen molar-refractivity contribution in [1.29, 1.82) is 0 Å². The van der Waals surface area contributed by atoms with Gasteiger partial charge in [-0.1, -0.05) is 46.9 Å². The van der Waals surface area contributed by atoms with Gasteiger partial charge in [0.2, 0.25) is 11.8 Å². The normalized spacial score (nSPS) is 10.8. The zero-order valence-electron chi connectivity index (χ0n) is 15.9. The fourth-order valence-corrected chi connectivity index (χ4v) is 3.28.